The van der Waals surface area contributed by atoms with Crippen molar-refractivity contribution in [1.82, 2.24) is 14.7 Å². The Hall–Kier alpha value is -2.48. The number of amides is 2. The van der Waals surface area contributed by atoms with Crippen molar-refractivity contribution in [2.24, 2.45) is 0 Å². The Morgan fingerprint density at radius 3 is 2.54 bits per heavy atom. The summed E-state index contributed by atoms with van der Waals surface area (Å²) in [6, 6.07) is 15.3. The zero-order chi connectivity index (χ0) is 24.4. The summed E-state index contributed by atoms with van der Waals surface area (Å²) in [5.41, 5.74) is 3.96. The minimum atomic E-state index is 0.0452. The maximum absolute atomic E-state index is 13.2. The Bertz CT molecular complexity index is 1160. The molecule has 0 spiro atoms. The molecule has 4 heterocycles. The van der Waals surface area contributed by atoms with Crippen LogP contribution in [0.1, 0.15) is 45.8 Å². The average Bonchev–Trinajstić information content (AvgIpc) is 3.54. The van der Waals surface area contributed by atoms with Gasteiger partial charge in [0.1, 0.15) is 0 Å². The number of hydrogen-bond acceptors (Lipinski definition) is 5. The lowest BCUT2D eigenvalue weighted by Crippen LogP contribution is -2.56. The van der Waals surface area contributed by atoms with E-state index in [2.05, 4.69) is 54.5 Å². The molecule has 2 atom stereocenters. The molecule has 2 aliphatic rings. The molecule has 184 valence electrons. The number of nitrogens with zero attached hydrogens (tertiary/aromatic N) is 3. The summed E-state index contributed by atoms with van der Waals surface area (Å²) in [6.45, 7) is 7.75. The monoisotopic (exact) mass is 507 g/mol. The normalized spacial score (nSPS) is 20.6. The Labute approximate surface area is 216 Å². The van der Waals surface area contributed by atoms with E-state index in [9.17, 15) is 9.59 Å². The van der Waals surface area contributed by atoms with Gasteiger partial charge in [0, 0.05) is 54.9 Å². The Morgan fingerprint density at radius 1 is 0.971 bits per heavy atom. The smallest absolute Gasteiger partial charge is 0.228 e. The first-order valence-electron chi connectivity index (χ1n) is 12.5. The fraction of sp³-hybridized carbons (Fsp3) is 0.429. The molecule has 7 heteroatoms. The highest BCUT2D eigenvalue weighted by Gasteiger charge is 2.32. The van der Waals surface area contributed by atoms with E-state index in [1.165, 1.54) is 21.6 Å². The minimum Gasteiger partial charge on any atom is -0.339 e. The van der Waals surface area contributed by atoms with E-state index in [0.29, 0.717) is 32.5 Å². The van der Waals surface area contributed by atoms with E-state index in [0.717, 1.165) is 24.4 Å². The fourth-order valence-corrected chi connectivity index (χ4v) is 6.96. The van der Waals surface area contributed by atoms with Crippen LogP contribution in [0.3, 0.4) is 0 Å². The van der Waals surface area contributed by atoms with E-state index in [1.54, 1.807) is 11.3 Å². The van der Waals surface area contributed by atoms with E-state index < -0.39 is 0 Å². The largest absolute Gasteiger partial charge is 0.339 e. The molecule has 1 saturated heterocycles. The maximum Gasteiger partial charge on any atom is 0.228 e. The van der Waals surface area contributed by atoms with Crippen molar-refractivity contribution in [1.29, 1.82) is 0 Å². The van der Waals surface area contributed by atoms with E-state index in [-0.39, 0.29) is 23.9 Å². The SMILES string of the molecule is Cc1ccc([C@@H]2c3ccsc3CCN2CCC(=O)N2CCN(C(=O)Cc3cccs3)[C@H](C)C2)cc1. The predicted octanol–water partition coefficient (Wildman–Crippen LogP) is 4.76. The summed E-state index contributed by atoms with van der Waals surface area (Å²) in [5, 5.41) is 4.20. The molecule has 35 heavy (non-hydrogen) atoms. The molecule has 1 fully saturated rings. The quantitative estimate of drug-likeness (QED) is 0.483. The number of fused-ring (bicyclic) bond motifs is 1. The third kappa shape index (κ3) is 5.37. The van der Waals surface area contributed by atoms with Gasteiger partial charge in [0.25, 0.3) is 0 Å². The van der Waals surface area contributed by atoms with Crippen LogP contribution in [0, 0.1) is 6.92 Å². The molecular formula is C28H33N3O2S2. The molecule has 5 nitrogen and oxygen atoms in total. The summed E-state index contributed by atoms with van der Waals surface area (Å²) in [6.07, 6.45) is 2.01. The molecule has 2 amide bonds. The highest BCUT2D eigenvalue weighted by molar-refractivity contribution is 7.10. The van der Waals surface area contributed by atoms with Gasteiger partial charge in [-0.2, -0.15) is 0 Å². The summed E-state index contributed by atoms with van der Waals surface area (Å²) < 4.78 is 0. The van der Waals surface area contributed by atoms with Gasteiger partial charge in [-0.05, 0) is 54.3 Å². The summed E-state index contributed by atoms with van der Waals surface area (Å²) in [4.78, 5) is 34.9. The van der Waals surface area contributed by atoms with Crippen LogP contribution in [0.4, 0.5) is 0 Å². The van der Waals surface area contributed by atoms with Gasteiger partial charge >= 0.3 is 0 Å². The van der Waals surface area contributed by atoms with Crippen LogP contribution in [0.5, 0.6) is 0 Å². The van der Waals surface area contributed by atoms with Gasteiger partial charge in [-0.3, -0.25) is 14.5 Å². The number of carbonyl (C=O) groups excluding carboxylic acids is 2. The molecule has 5 rings (SSSR count). The van der Waals surface area contributed by atoms with Crippen molar-refractivity contribution in [2.45, 2.75) is 45.2 Å². The third-order valence-electron chi connectivity index (χ3n) is 7.28. The topological polar surface area (TPSA) is 43.9 Å². The molecule has 2 aromatic heterocycles. The lowest BCUT2D eigenvalue weighted by molar-refractivity contribution is -0.142. The third-order valence-corrected chi connectivity index (χ3v) is 9.15. The molecule has 0 saturated carbocycles. The van der Waals surface area contributed by atoms with Gasteiger partial charge in [-0.25, -0.2) is 0 Å². The van der Waals surface area contributed by atoms with Gasteiger partial charge in [-0.1, -0.05) is 35.9 Å². The molecule has 0 aliphatic carbocycles. The van der Waals surface area contributed by atoms with Crippen molar-refractivity contribution in [3.63, 3.8) is 0 Å². The lowest BCUT2D eigenvalue weighted by atomic mass is 9.92. The Morgan fingerprint density at radius 2 is 1.80 bits per heavy atom. The molecule has 0 bridgehead atoms. The lowest BCUT2D eigenvalue weighted by Gasteiger charge is -2.41. The number of benzene rings is 1. The Balaban J connectivity index is 1.19. The van der Waals surface area contributed by atoms with Crippen molar-refractivity contribution in [3.8, 4) is 0 Å². The summed E-state index contributed by atoms with van der Waals surface area (Å²) >= 11 is 3.47. The molecule has 0 N–H and O–H groups in total. The number of aryl methyl sites for hydroxylation is 1. The molecule has 0 radical (unpaired) electrons. The number of hydrogen-bond donors (Lipinski definition) is 0. The van der Waals surface area contributed by atoms with Crippen molar-refractivity contribution < 1.29 is 9.59 Å². The van der Waals surface area contributed by atoms with Crippen molar-refractivity contribution in [3.05, 3.63) is 79.7 Å². The maximum atomic E-state index is 13.2. The molecule has 2 aliphatic heterocycles. The van der Waals surface area contributed by atoms with Gasteiger partial charge in [0.15, 0.2) is 0 Å². The first kappa shape index (κ1) is 24.2. The van der Waals surface area contributed by atoms with Crippen LogP contribution in [0.2, 0.25) is 0 Å². The van der Waals surface area contributed by atoms with Gasteiger partial charge < -0.3 is 9.80 Å². The molecular weight excluding hydrogens is 474 g/mol. The highest BCUT2D eigenvalue weighted by atomic mass is 32.1. The first-order valence-corrected chi connectivity index (χ1v) is 14.2. The van der Waals surface area contributed by atoms with Crippen LogP contribution in [-0.2, 0) is 22.4 Å². The molecule has 3 aromatic rings. The van der Waals surface area contributed by atoms with Crippen LogP contribution in [-0.4, -0.2) is 65.3 Å². The van der Waals surface area contributed by atoms with E-state index >= 15 is 0 Å². The number of thiophene rings is 2. The first-order chi connectivity index (χ1) is 17.0. The average molecular weight is 508 g/mol. The van der Waals surface area contributed by atoms with Gasteiger partial charge in [0.2, 0.25) is 11.8 Å². The number of carbonyl (C=O) groups is 2. The van der Waals surface area contributed by atoms with Gasteiger partial charge in [-0.15, -0.1) is 22.7 Å². The second-order valence-corrected chi connectivity index (χ2v) is 11.7. The Kier molecular flexibility index (Phi) is 7.37. The number of rotatable bonds is 6. The fourth-order valence-electron chi connectivity index (χ4n) is 5.36. The summed E-state index contributed by atoms with van der Waals surface area (Å²) in [7, 11) is 0. The molecule has 0 unspecified atom stereocenters. The zero-order valence-corrected chi connectivity index (χ0v) is 22.1. The standard InChI is InChI=1S/C28H33N3O2S2/c1-20-5-7-22(8-6-20)28-24-11-17-35-25(24)9-12-29(28)13-10-26(32)30-14-15-31(21(2)19-30)27(33)18-23-4-3-16-34-23/h3-8,11,16-17,21,28H,9-10,12-15,18-19H2,1-2H3/t21-,28-/m1/s1. The molecule has 1 aromatic carbocycles. The zero-order valence-electron chi connectivity index (χ0n) is 20.5. The van der Waals surface area contributed by atoms with Crippen LogP contribution in [0.25, 0.3) is 0 Å². The second kappa shape index (κ2) is 10.6. The van der Waals surface area contributed by atoms with Gasteiger partial charge in [0.05, 0.1) is 12.5 Å². The van der Waals surface area contributed by atoms with Crippen molar-refractivity contribution in [2.75, 3.05) is 32.7 Å². The van der Waals surface area contributed by atoms with Crippen LogP contribution >= 0.6 is 22.7 Å². The summed E-state index contributed by atoms with van der Waals surface area (Å²) in [5.74, 6) is 0.355. The highest BCUT2D eigenvalue weighted by Crippen LogP contribution is 2.37. The number of piperazine rings is 1. The van der Waals surface area contributed by atoms with E-state index in [4.69, 9.17) is 0 Å². The van der Waals surface area contributed by atoms with Crippen LogP contribution in [0.15, 0.2) is 53.2 Å². The second-order valence-electron chi connectivity index (χ2n) is 9.68. The van der Waals surface area contributed by atoms with Crippen LogP contribution < -0.4 is 0 Å². The predicted molar refractivity (Wildman–Crippen MR) is 143 cm³/mol. The van der Waals surface area contributed by atoms with Crippen molar-refractivity contribution >= 4 is 34.5 Å². The minimum absolute atomic E-state index is 0.0452. The van der Waals surface area contributed by atoms with E-state index in [1.807, 2.05) is 38.6 Å².